The van der Waals surface area contributed by atoms with Crippen molar-refractivity contribution in [1.29, 1.82) is 0 Å². The Labute approximate surface area is 107 Å². The molecule has 0 aliphatic carbocycles. The second-order valence-corrected chi connectivity index (χ2v) is 7.56. The van der Waals surface area contributed by atoms with E-state index >= 15 is 0 Å². The van der Waals surface area contributed by atoms with E-state index in [1.54, 1.807) is 12.1 Å². The third-order valence-corrected chi connectivity index (χ3v) is 5.79. The van der Waals surface area contributed by atoms with Crippen molar-refractivity contribution in [3.05, 3.63) is 17.0 Å². The second kappa shape index (κ2) is 5.95. The van der Waals surface area contributed by atoms with Crippen LogP contribution in [0.15, 0.2) is 16.3 Å². The average molecular weight is 277 g/mol. The first-order valence-corrected chi connectivity index (χ1v) is 7.87. The molecule has 98 valence electrons. The molecule has 1 aromatic rings. The van der Waals surface area contributed by atoms with E-state index in [1.807, 2.05) is 20.8 Å². The normalized spacial score (nSPS) is 12.6. The number of hydrogen-bond acceptors (Lipinski definition) is 4. The summed E-state index contributed by atoms with van der Waals surface area (Å²) in [6.07, 6.45) is 0. The molecule has 0 aliphatic heterocycles. The van der Waals surface area contributed by atoms with Crippen molar-refractivity contribution < 1.29 is 13.5 Å². The van der Waals surface area contributed by atoms with Crippen LogP contribution in [0.4, 0.5) is 0 Å². The second-order valence-electron chi connectivity index (χ2n) is 4.23. The number of aliphatic hydroxyl groups excluding tert-OH is 1. The van der Waals surface area contributed by atoms with E-state index in [2.05, 4.69) is 0 Å². The first-order valence-electron chi connectivity index (χ1n) is 5.61. The summed E-state index contributed by atoms with van der Waals surface area (Å²) in [7, 11) is -3.39. The van der Waals surface area contributed by atoms with Gasteiger partial charge < -0.3 is 5.11 Å². The van der Waals surface area contributed by atoms with E-state index in [1.165, 1.54) is 4.31 Å². The van der Waals surface area contributed by atoms with Gasteiger partial charge in [0.2, 0.25) is 0 Å². The minimum absolute atomic E-state index is 0.115. The predicted octanol–water partition coefficient (Wildman–Crippen LogP) is 1.91. The molecule has 0 fully saturated rings. The summed E-state index contributed by atoms with van der Waals surface area (Å²) in [4.78, 5) is 0.671. The molecule has 4 nitrogen and oxygen atoms in total. The van der Waals surface area contributed by atoms with E-state index in [-0.39, 0.29) is 6.61 Å². The molecular formula is C11H19NO3S2. The van der Waals surface area contributed by atoms with Gasteiger partial charge in [-0.3, -0.25) is 0 Å². The van der Waals surface area contributed by atoms with E-state index in [0.29, 0.717) is 28.1 Å². The van der Waals surface area contributed by atoms with Crippen molar-refractivity contribution in [2.75, 3.05) is 13.1 Å². The average Bonchev–Trinajstić information content (AvgIpc) is 2.74. The maximum absolute atomic E-state index is 12.3. The largest absolute Gasteiger partial charge is 0.391 e. The van der Waals surface area contributed by atoms with Gasteiger partial charge in [0, 0.05) is 18.0 Å². The Bertz CT molecular complexity index is 451. The van der Waals surface area contributed by atoms with Crippen LogP contribution in [-0.4, -0.2) is 30.9 Å². The zero-order valence-corrected chi connectivity index (χ0v) is 12.0. The van der Waals surface area contributed by atoms with E-state index < -0.39 is 10.0 Å². The van der Waals surface area contributed by atoms with Crippen LogP contribution in [0.1, 0.15) is 25.6 Å². The van der Waals surface area contributed by atoms with Gasteiger partial charge in [0.25, 0.3) is 10.0 Å². The predicted molar refractivity (Wildman–Crippen MR) is 69.5 cm³/mol. The number of aliphatic hydroxyl groups is 1. The standard InChI is InChI=1S/C11H19NO3S2/c1-4-12(7-9(2)3)17(14,15)11-6-5-10(8-13)16-11/h5-6,9,13H,4,7-8H2,1-3H3. The molecule has 0 saturated heterocycles. The fourth-order valence-electron chi connectivity index (χ4n) is 1.51. The lowest BCUT2D eigenvalue weighted by atomic mass is 10.2. The first-order chi connectivity index (χ1) is 7.91. The maximum Gasteiger partial charge on any atom is 0.252 e. The van der Waals surface area contributed by atoms with Gasteiger partial charge >= 0.3 is 0 Å². The van der Waals surface area contributed by atoms with Gasteiger partial charge in [0.15, 0.2) is 0 Å². The fourth-order valence-corrected chi connectivity index (χ4v) is 4.50. The van der Waals surface area contributed by atoms with Crippen LogP contribution in [0.2, 0.25) is 0 Å². The lowest BCUT2D eigenvalue weighted by Gasteiger charge is -2.21. The molecule has 0 atom stereocenters. The number of thiophene rings is 1. The minimum Gasteiger partial charge on any atom is -0.391 e. The third kappa shape index (κ3) is 3.51. The van der Waals surface area contributed by atoms with Gasteiger partial charge in [-0.2, -0.15) is 4.31 Å². The van der Waals surface area contributed by atoms with Gasteiger partial charge in [-0.25, -0.2) is 8.42 Å². The SMILES string of the molecule is CCN(CC(C)C)S(=O)(=O)c1ccc(CO)s1. The summed E-state index contributed by atoms with van der Waals surface area (Å²) in [6.45, 7) is 6.69. The van der Waals surface area contributed by atoms with Crippen molar-refractivity contribution in [3.8, 4) is 0 Å². The maximum atomic E-state index is 12.3. The van der Waals surface area contributed by atoms with Gasteiger partial charge in [0.1, 0.15) is 4.21 Å². The number of sulfonamides is 1. The molecule has 0 bridgehead atoms. The Morgan fingerprint density at radius 1 is 1.41 bits per heavy atom. The molecule has 0 radical (unpaired) electrons. The van der Waals surface area contributed by atoms with Crippen LogP contribution >= 0.6 is 11.3 Å². The minimum atomic E-state index is -3.39. The van der Waals surface area contributed by atoms with Gasteiger partial charge in [0.05, 0.1) is 6.61 Å². The highest BCUT2D eigenvalue weighted by Gasteiger charge is 2.25. The van der Waals surface area contributed by atoms with Crippen LogP contribution in [0.3, 0.4) is 0 Å². The summed E-state index contributed by atoms with van der Waals surface area (Å²) >= 11 is 1.13. The van der Waals surface area contributed by atoms with Gasteiger partial charge in [-0.15, -0.1) is 11.3 Å². The van der Waals surface area contributed by atoms with E-state index in [0.717, 1.165) is 11.3 Å². The van der Waals surface area contributed by atoms with Crippen LogP contribution in [0, 0.1) is 5.92 Å². The topological polar surface area (TPSA) is 57.6 Å². The first kappa shape index (κ1) is 14.6. The van der Waals surface area contributed by atoms with Gasteiger partial charge in [-0.1, -0.05) is 20.8 Å². The molecule has 6 heteroatoms. The molecule has 0 saturated carbocycles. The molecule has 0 aromatic carbocycles. The molecule has 17 heavy (non-hydrogen) atoms. The van der Waals surface area contributed by atoms with Crippen LogP contribution in [-0.2, 0) is 16.6 Å². The number of nitrogens with zero attached hydrogens (tertiary/aromatic N) is 1. The lowest BCUT2D eigenvalue weighted by molar-refractivity contribution is 0.285. The van der Waals surface area contributed by atoms with Crippen LogP contribution in [0.25, 0.3) is 0 Å². The molecule has 0 aliphatic rings. The third-order valence-electron chi connectivity index (χ3n) is 2.31. The highest BCUT2D eigenvalue weighted by atomic mass is 32.2. The van der Waals surface area contributed by atoms with E-state index in [9.17, 15) is 8.42 Å². The monoisotopic (exact) mass is 277 g/mol. The highest BCUT2D eigenvalue weighted by molar-refractivity contribution is 7.91. The Kier molecular flexibility index (Phi) is 5.12. The molecule has 0 spiro atoms. The van der Waals surface area contributed by atoms with Crippen molar-refractivity contribution in [2.45, 2.75) is 31.6 Å². The molecule has 0 unspecified atom stereocenters. The quantitative estimate of drug-likeness (QED) is 0.864. The fraction of sp³-hybridized carbons (Fsp3) is 0.636. The van der Waals surface area contributed by atoms with Crippen LogP contribution < -0.4 is 0 Å². The molecule has 1 aromatic heterocycles. The highest BCUT2D eigenvalue weighted by Crippen LogP contribution is 2.25. The summed E-state index contributed by atoms with van der Waals surface area (Å²) in [6, 6.07) is 3.22. The summed E-state index contributed by atoms with van der Waals surface area (Å²) in [5.74, 6) is 0.294. The van der Waals surface area contributed by atoms with Crippen molar-refractivity contribution in [1.82, 2.24) is 4.31 Å². The summed E-state index contributed by atoms with van der Waals surface area (Å²) in [5, 5.41) is 8.96. The van der Waals surface area contributed by atoms with E-state index in [4.69, 9.17) is 5.11 Å². The Hall–Kier alpha value is -0.430. The van der Waals surface area contributed by atoms with Crippen molar-refractivity contribution >= 4 is 21.4 Å². The van der Waals surface area contributed by atoms with Crippen LogP contribution in [0.5, 0.6) is 0 Å². The zero-order chi connectivity index (χ0) is 13.1. The number of hydrogen-bond donors (Lipinski definition) is 1. The molecule has 1 rings (SSSR count). The lowest BCUT2D eigenvalue weighted by Crippen LogP contribution is -2.33. The molecule has 1 heterocycles. The van der Waals surface area contributed by atoms with Crippen molar-refractivity contribution in [2.24, 2.45) is 5.92 Å². The molecule has 0 amide bonds. The Balaban J connectivity index is 2.99. The smallest absolute Gasteiger partial charge is 0.252 e. The number of rotatable bonds is 6. The molecular weight excluding hydrogens is 258 g/mol. The van der Waals surface area contributed by atoms with Crippen molar-refractivity contribution in [3.63, 3.8) is 0 Å². The Morgan fingerprint density at radius 2 is 2.06 bits per heavy atom. The zero-order valence-electron chi connectivity index (χ0n) is 10.4. The summed E-state index contributed by atoms with van der Waals surface area (Å²) in [5.41, 5.74) is 0. The molecule has 1 N–H and O–H groups in total. The Morgan fingerprint density at radius 3 is 2.47 bits per heavy atom. The summed E-state index contributed by atoms with van der Waals surface area (Å²) < 4.78 is 26.4. The van der Waals surface area contributed by atoms with Gasteiger partial charge in [-0.05, 0) is 18.1 Å².